The average Bonchev–Trinajstić information content (AvgIpc) is 2.36. The largest absolute Gasteiger partial charge is 0.351 e. The van der Waals surface area contributed by atoms with Crippen molar-refractivity contribution in [1.29, 1.82) is 0 Å². The van der Waals surface area contributed by atoms with Crippen molar-refractivity contribution in [2.45, 2.75) is 39.8 Å². The topological polar surface area (TPSA) is 110 Å². The van der Waals surface area contributed by atoms with Gasteiger partial charge in [-0.05, 0) is 30.0 Å². The van der Waals surface area contributed by atoms with Gasteiger partial charge in [0.25, 0.3) is 0 Å². The van der Waals surface area contributed by atoms with Crippen molar-refractivity contribution in [3.05, 3.63) is 29.8 Å². The van der Waals surface area contributed by atoms with Crippen LogP contribution >= 0.6 is 0 Å². The summed E-state index contributed by atoms with van der Waals surface area (Å²) in [6, 6.07) is 5.74. The van der Waals surface area contributed by atoms with Crippen LogP contribution in [0.2, 0.25) is 0 Å². The molecule has 1 rings (SSSR count). The maximum absolute atomic E-state index is 12.1. The zero-order valence-electron chi connectivity index (χ0n) is 12.9. The third kappa shape index (κ3) is 5.07. The molecule has 0 heterocycles. The summed E-state index contributed by atoms with van der Waals surface area (Å²) in [5.74, 6) is -0.186. The van der Waals surface area contributed by atoms with Gasteiger partial charge in [-0.1, -0.05) is 32.9 Å². The first-order valence-electron chi connectivity index (χ1n) is 6.83. The van der Waals surface area contributed by atoms with Gasteiger partial charge in [-0.2, -0.15) is 0 Å². The molecule has 6 heteroatoms. The number of carbonyl (C=O) groups excluding carboxylic acids is 2. The SMILES string of the molecule is CC(NC(=O)C(N)C(C)(C)C)c1ccc(NC(N)=O)cc1. The first-order valence-corrected chi connectivity index (χ1v) is 6.83. The van der Waals surface area contributed by atoms with Crippen LogP contribution in [0.4, 0.5) is 10.5 Å². The van der Waals surface area contributed by atoms with Crippen LogP contribution in [0.3, 0.4) is 0 Å². The fraction of sp³-hybridized carbons (Fsp3) is 0.467. The number of rotatable bonds is 4. The standard InChI is InChI=1S/C15H24N4O2/c1-9(18-13(20)12(16)15(2,3)4)10-5-7-11(8-6-10)19-14(17)21/h5-9,12H,16H2,1-4H3,(H,18,20)(H3,17,19,21). The van der Waals surface area contributed by atoms with Gasteiger partial charge < -0.3 is 22.1 Å². The van der Waals surface area contributed by atoms with Crippen LogP contribution in [-0.4, -0.2) is 18.0 Å². The van der Waals surface area contributed by atoms with Crippen LogP contribution < -0.4 is 22.1 Å². The minimum absolute atomic E-state index is 0.173. The number of nitrogens with two attached hydrogens (primary N) is 2. The highest BCUT2D eigenvalue weighted by Gasteiger charge is 2.28. The van der Waals surface area contributed by atoms with Crippen molar-refractivity contribution >= 4 is 17.6 Å². The molecule has 1 aromatic rings. The van der Waals surface area contributed by atoms with E-state index in [-0.39, 0.29) is 17.4 Å². The molecule has 0 aliphatic carbocycles. The lowest BCUT2D eigenvalue weighted by Crippen LogP contribution is -2.49. The molecule has 0 aromatic heterocycles. The molecular weight excluding hydrogens is 268 g/mol. The highest BCUT2D eigenvalue weighted by molar-refractivity contribution is 5.87. The molecule has 6 N–H and O–H groups in total. The Hall–Kier alpha value is -2.08. The van der Waals surface area contributed by atoms with Gasteiger partial charge in [0.2, 0.25) is 5.91 Å². The van der Waals surface area contributed by atoms with Gasteiger partial charge in [-0.15, -0.1) is 0 Å². The van der Waals surface area contributed by atoms with E-state index >= 15 is 0 Å². The minimum Gasteiger partial charge on any atom is -0.351 e. The summed E-state index contributed by atoms with van der Waals surface area (Å²) in [5, 5.41) is 5.37. The fourth-order valence-corrected chi connectivity index (χ4v) is 1.78. The Morgan fingerprint density at radius 2 is 1.67 bits per heavy atom. The summed E-state index contributed by atoms with van der Waals surface area (Å²) in [7, 11) is 0. The highest BCUT2D eigenvalue weighted by Crippen LogP contribution is 2.20. The first-order chi connectivity index (χ1) is 9.61. The van der Waals surface area contributed by atoms with Crippen LogP contribution in [-0.2, 0) is 4.79 Å². The number of hydrogen-bond acceptors (Lipinski definition) is 3. The van der Waals surface area contributed by atoms with Crippen LogP contribution in [0.5, 0.6) is 0 Å². The third-order valence-corrected chi connectivity index (χ3v) is 3.25. The lowest BCUT2D eigenvalue weighted by molar-refractivity contribution is -0.125. The van der Waals surface area contributed by atoms with E-state index < -0.39 is 12.1 Å². The number of anilines is 1. The normalized spacial score (nSPS) is 14.1. The Balaban J connectivity index is 2.69. The van der Waals surface area contributed by atoms with Crippen LogP contribution in [0, 0.1) is 5.41 Å². The van der Waals surface area contributed by atoms with E-state index in [0.717, 1.165) is 5.56 Å². The van der Waals surface area contributed by atoms with Crippen LogP contribution in [0.25, 0.3) is 0 Å². The number of carbonyl (C=O) groups is 2. The first kappa shape index (κ1) is 17.0. The van der Waals surface area contributed by atoms with Crippen molar-refractivity contribution < 1.29 is 9.59 Å². The number of hydrogen-bond donors (Lipinski definition) is 4. The molecule has 21 heavy (non-hydrogen) atoms. The summed E-state index contributed by atoms with van der Waals surface area (Å²) in [4.78, 5) is 22.8. The third-order valence-electron chi connectivity index (χ3n) is 3.25. The van der Waals surface area contributed by atoms with Crippen molar-refractivity contribution in [2.75, 3.05) is 5.32 Å². The van der Waals surface area contributed by atoms with E-state index in [1.54, 1.807) is 12.1 Å². The van der Waals surface area contributed by atoms with Crippen molar-refractivity contribution in [2.24, 2.45) is 16.9 Å². The second kappa shape index (κ2) is 6.58. The Morgan fingerprint density at radius 3 is 2.10 bits per heavy atom. The van der Waals surface area contributed by atoms with E-state index in [0.29, 0.717) is 5.69 Å². The van der Waals surface area contributed by atoms with E-state index in [4.69, 9.17) is 11.5 Å². The lowest BCUT2D eigenvalue weighted by Gasteiger charge is -2.27. The second-order valence-electron chi connectivity index (χ2n) is 6.19. The minimum atomic E-state index is -0.611. The molecular formula is C15H24N4O2. The number of amides is 3. The van der Waals surface area contributed by atoms with Crippen molar-refractivity contribution in [3.8, 4) is 0 Å². The Morgan fingerprint density at radius 1 is 1.14 bits per heavy atom. The van der Waals surface area contributed by atoms with Gasteiger partial charge in [-0.25, -0.2) is 4.79 Å². The van der Waals surface area contributed by atoms with Crippen LogP contribution in [0.15, 0.2) is 24.3 Å². The summed E-state index contributed by atoms with van der Waals surface area (Å²) in [6.07, 6.45) is 0. The molecule has 1 aromatic carbocycles. The average molecular weight is 292 g/mol. The Bertz CT molecular complexity index is 505. The quantitative estimate of drug-likeness (QED) is 0.678. The summed E-state index contributed by atoms with van der Waals surface area (Å²) in [6.45, 7) is 7.65. The molecule has 0 aliphatic heterocycles. The molecule has 0 saturated heterocycles. The summed E-state index contributed by atoms with van der Waals surface area (Å²) in [5.41, 5.74) is 12.2. The maximum atomic E-state index is 12.1. The zero-order chi connectivity index (χ0) is 16.2. The van der Waals surface area contributed by atoms with E-state index in [2.05, 4.69) is 10.6 Å². The van der Waals surface area contributed by atoms with E-state index in [1.807, 2.05) is 39.8 Å². The monoisotopic (exact) mass is 292 g/mol. The molecule has 0 bridgehead atoms. The molecule has 0 aliphatic rings. The number of urea groups is 1. The molecule has 0 saturated carbocycles. The molecule has 0 radical (unpaired) electrons. The van der Waals surface area contributed by atoms with Gasteiger partial charge in [0.1, 0.15) is 0 Å². The van der Waals surface area contributed by atoms with Gasteiger partial charge in [0, 0.05) is 5.69 Å². The molecule has 3 amide bonds. The smallest absolute Gasteiger partial charge is 0.316 e. The molecule has 2 atom stereocenters. The van der Waals surface area contributed by atoms with Gasteiger partial charge in [-0.3, -0.25) is 4.79 Å². The number of benzene rings is 1. The summed E-state index contributed by atoms with van der Waals surface area (Å²) < 4.78 is 0. The predicted octanol–water partition coefficient (Wildman–Crippen LogP) is 1.73. The number of nitrogens with one attached hydrogen (secondary N) is 2. The van der Waals surface area contributed by atoms with Crippen LogP contribution in [0.1, 0.15) is 39.3 Å². The molecule has 6 nitrogen and oxygen atoms in total. The molecule has 116 valence electrons. The Labute approximate surface area is 125 Å². The van der Waals surface area contributed by atoms with Gasteiger partial charge >= 0.3 is 6.03 Å². The maximum Gasteiger partial charge on any atom is 0.316 e. The van der Waals surface area contributed by atoms with Crippen molar-refractivity contribution in [3.63, 3.8) is 0 Å². The molecule has 0 fully saturated rings. The second-order valence-corrected chi connectivity index (χ2v) is 6.19. The van der Waals surface area contributed by atoms with E-state index in [1.165, 1.54) is 0 Å². The molecule has 0 spiro atoms. The van der Waals surface area contributed by atoms with Crippen molar-refractivity contribution in [1.82, 2.24) is 5.32 Å². The van der Waals surface area contributed by atoms with Gasteiger partial charge in [0.15, 0.2) is 0 Å². The highest BCUT2D eigenvalue weighted by atomic mass is 16.2. The lowest BCUT2D eigenvalue weighted by atomic mass is 9.86. The van der Waals surface area contributed by atoms with Gasteiger partial charge in [0.05, 0.1) is 12.1 Å². The summed E-state index contributed by atoms with van der Waals surface area (Å²) >= 11 is 0. The Kier molecular flexibility index (Phi) is 5.32. The predicted molar refractivity (Wildman–Crippen MR) is 83.6 cm³/mol. The fourth-order valence-electron chi connectivity index (χ4n) is 1.78. The number of primary amides is 1. The molecule has 2 unspecified atom stereocenters. The van der Waals surface area contributed by atoms with E-state index in [9.17, 15) is 9.59 Å². The zero-order valence-corrected chi connectivity index (χ0v) is 12.9.